The van der Waals surface area contributed by atoms with Gasteiger partial charge in [-0.05, 0) is 24.7 Å². The molecule has 0 N–H and O–H groups in total. The molecule has 0 saturated heterocycles. The van der Waals surface area contributed by atoms with E-state index in [0.717, 1.165) is 5.41 Å². The van der Waals surface area contributed by atoms with Crippen LogP contribution in [-0.2, 0) is 0 Å². The van der Waals surface area contributed by atoms with Gasteiger partial charge in [0.15, 0.2) is 0 Å². The quantitative estimate of drug-likeness (QED) is 0.532. The topological polar surface area (TPSA) is 0 Å². The molecule has 1 rings (SSSR count). The van der Waals surface area contributed by atoms with Crippen molar-refractivity contribution in [2.75, 3.05) is 0 Å². The molecular weight excluding hydrogens is 108 g/mol. The fraction of sp³-hybridized carbons (Fsp3) is 1.00. The molecule has 0 spiro atoms. The molecule has 0 radical (unpaired) electrons. The number of hydrogen-bond acceptors (Lipinski definition) is 0. The highest BCUT2D eigenvalue weighted by Crippen LogP contribution is 2.40. The van der Waals surface area contributed by atoms with Gasteiger partial charge in [-0.3, -0.25) is 0 Å². The zero-order valence-electron chi connectivity index (χ0n) is 6.74. The minimum Gasteiger partial charge on any atom is -0.0654 e. The van der Waals surface area contributed by atoms with Gasteiger partial charge in [-0.1, -0.05) is 33.1 Å². The summed E-state index contributed by atoms with van der Waals surface area (Å²) in [6, 6.07) is 0. The maximum Gasteiger partial charge on any atom is -0.0326 e. The highest BCUT2D eigenvalue weighted by molar-refractivity contribution is 4.79. The molecule has 0 heterocycles. The Bertz CT molecular complexity index is 78.0. The fourth-order valence-electron chi connectivity index (χ4n) is 2.08. The highest BCUT2D eigenvalue weighted by Gasteiger charge is 2.26. The van der Waals surface area contributed by atoms with Gasteiger partial charge in [0.1, 0.15) is 0 Å². The maximum atomic E-state index is 2.45. The minimum absolute atomic E-state index is 0.745. The van der Waals surface area contributed by atoms with Crippen molar-refractivity contribution < 1.29 is 0 Å². The molecule has 9 heavy (non-hydrogen) atoms. The second-order valence-electron chi connectivity index (χ2n) is 3.77. The van der Waals surface area contributed by atoms with Gasteiger partial charge in [0, 0.05) is 0 Å². The van der Waals surface area contributed by atoms with Gasteiger partial charge < -0.3 is 0 Å². The summed E-state index contributed by atoms with van der Waals surface area (Å²) in [5.41, 5.74) is 0.745. The van der Waals surface area contributed by atoms with Crippen molar-refractivity contribution in [3.05, 3.63) is 0 Å². The third-order valence-electron chi connectivity index (χ3n) is 2.66. The van der Waals surface area contributed by atoms with Gasteiger partial charge in [0.25, 0.3) is 0 Å². The van der Waals surface area contributed by atoms with E-state index < -0.39 is 0 Å². The lowest BCUT2D eigenvalue weighted by Crippen LogP contribution is -2.09. The van der Waals surface area contributed by atoms with Crippen LogP contribution in [0.1, 0.15) is 52.4 Å². The van der Waals surface area contributed by atoms with Crippen molar-refractivity contribution in [1.82, 2.24) is 0 Å². The Morgan fingerprint density at radius 2 is 1.78 bits per heavy atom. The molecule has 0 aromatic rings. The molecule has 0 amide bonds. The average Bonchev–Trinajstić information content (AvgIpc) is 2.16. The van der Waals surface area contributed by atoms with Crippen molar-refractivity contribution in [1.29, 1.82) is 0 Å². The van der Waals surface area contributed by atoms with Crippen molar-refractivity contribution in [3.63, 3.8) is 0 Å². The van der Waals surface area contributed by atoms with Crippen LogP contribution < -0.4 is 0 Å². The molecule has 0 atom stereocenters. The average molecular weight is 126 g/mol. The summed E-state index contributed by atoms with van der Waals surface area (Å²) >= 11 is 0. The van der Waals surface area contributed by atoms with Crippen LogP contribution in [0.15, 0.2) is 0 Å². The molecule has 0 aliphatic heterocycles. The standard InChI is InChI=1S/C9H18/c1-3-6-9(2)7-4-5-8-9/h3-8H2,1-2H3. The van der Waals surface area contributed by atoms with Crippen LogP contribution in [0, 0.1) is 5.41 Å². The van der Waals surface area contributed by atoms with Crippen molar-refractivity contribution in [3.8, 4) is 0 Å². The van der Waals surface area contributed by atoms with E-state index in [1.807, 2.05) is 0 Å². The van der Waals surface area contributed by atoms with Crippen molar-refractivity contribution in [2.45, 2.75) is 52.4 Å². The zero-order valence-corrected chi connectivity index (χ0v) is 6.74. The molecule has 0 bridgehead atoms. The maximum absolute atomic E-state index is 2.45. The molecule has 0 aromatic carbocycles. The first-order valence-corrected chi connectivity index (χ1v) is 4.27. The van der Waals surface area contributed by atoms with Gasteiger partial charge in [-0.15, -0.1) is 0 Å². The predicted molar refractivity (Wildman–Crippen MR) is 41.5 cm³/mol. The monoisotopic (exact) mass is 126 g/mol. The van der Waals surface area contributed by atoms with E-state index in [1.54, 1.807) is 0 Å². The van der Waals surface area contributed by atoms with Gasteiger partial charge in [0.2, 0.25) is 0 Å². The molecule has 54 valence electrons. The van der Waals surface area contributed by atoms with Crippen molar-refractivity contribution >= 4 is 0 Å². The molecule has 1 aliphatic carbocycles. The molecular formula is C9H18. The highest BCUT2D eigenvalue weighted by atomic mass is 14.3. The van der Waals surface area contributed by atoms with E-state index >= 15 is 0 Å². The summed E-state index contributed by atoms with van der Waals surface area (Å²) in [4.78, 5) is 0. The Labute approximate surface area is 58.7 Å². The van der Waals surface area contributed by atoms with E-state index in [9.17, 15) is 0 Å². The lowest BCUT2D eigenvalue weighted by Gasteiger charge is -2.21. The molecule has 0 heteroatoms. The third-order valence-corrected chi connectivity index (χ3v) is 2.66. The normalized spacial score (nSPS) is 24.7. The second kappa shape index (κ2) is 2.72. The lowest BCUT2D eigenvalue weighted by atomic mass is 9.84. The van der Waals surface area contributed by atoms with Gasteiger partial charge in [0.05, 0.1) is 0 Å². The van der Waals surface area contributed by atoms with Crippen LogP contribution >= 0.6 is 0 Å². The van der Waals surface area contributed by atoms with Crippen LogP contribution in [0.3, 0.4) is 0 Å². The first-order chi connectivity index (χ1) is 4.27. The predicted octanol–water partition coefficient (Wildman–Crippen LogP) is 3.37. The summed E-state index contributed by atoms with van der Waals surface area (Å²) in [5, 5.41) is 0. The molecule has 1 fully saturated rings. The van der Waals surface area contributed by atoms with Gasteiger partial charge in [-0.25, -0.2) is 0 Å². The van der Waals surface area contributed by atoms with Crippen LogP contribution in [-0.4, -0.2) is 0 Å². The Balaban J connectivity index is 2.32. The number of hydrogen-bond donors (Lipinski definition) is 0. The van der Waals surface area contributed by atoms with Crippen LogP contribution in [0.4, 0.5) is 0 Å². The fourth-order valence-corrected chi connectivity index (χ4v) is 2.08. The molecule has 0 nitrogen and oxygen atoms in total. The van der Waals surface area contributed by atoms with E-state index in [4.69, 9.17) is 0 Å². The first kappa shape index (κ1) is 7.11. The minimum atomic E-state index is 0.745. The summed E-state index contributed by atoms with van der Waals surface area (Å²) in [6.45, 7) is 4.74. The lowest BCUT2D eigenvalue weighted by molar-refractivity contribution is 0.305. The molecule has 0 aromatic heterocycles. The smallest absolute Gasteiger partial charge is 0.0326 e. The summed E-state index contributed by atoms with van der Waals surface area (Å²) in [6.07, 6.45) is 8.76. The van der Waals surface area contributed by atoms with E-state index in [-0.39, 0.29) is 0 Å². The second-order valence-corrected chi connectivity index (χ2v) is 3.77. The van der Waals surface area contributed by atoms with Gasteiger partial charge in [-0.2, -0.15) is 0 Å². The van der Waals surface area contributed by atoms with Crippen molar-refractivity contribution in [2.24, 2.45) is 5.41 Å². The van der Waals surface area contributed by atoms with E-state index in [1.165, 1.54) is 38.5 Å². The Morgan fingerprint density at radius 1 is 1.22 bits per heavy atom. The summed E-state index contributed by atoms with van der Waals surface area (Å²) in [5.74, 6) is 0. The largest absolute Gasteiger partial charge is 0.0654 e. The third kappa shape index (κ3) is 1.70. The van der Waals surface area contributed by atoms with Crippen LogP contribution in [0.25, 0.3) is 0 Å². The van der Waals surface area contributed by atoms with Crippen LogP contribution in [0.5, 0.6) is 0 Å². The number of rotatable bonds is 2. The first-order valence-electron chi connectivity index (χ1n) is 4.27. The summed E-state index contributed by atoms with van der Waals surface area (Å²) < 4.78 is 0. The molecule has 0 unspecified atom stereocenters. The van der Waals surface area contributed by atoms with E-state index in [0.29, 0.717) is 0 Å². The molecule has 1 saturated carbocycles. The SMILES string of the molecule is CCCC1(C)CCCC1. The Hall–Kier alpha value is 0. The summed E-state index contributed by atoms with van der Waals surface area (Å²) in [7, 11) is 0. The van der Waals surface area contributed by atoms with Crippen LogP contribution in [0.2, 0.25) is 0 Å². The molecule has 1 aliphatic rings. The zero-order chi connectivity index (χ0) is 6.74. The van der Waals surface area contributed by atoms with E-state index in [2.05, 4.69) is 13.8 Å². The van der Waals surface area contributed by atoms with Gasteiger partial charge >= 0.3 is 0 Å². The Morgan fingerprint density at radius 3 is 2.22 bits per heavy atom. The Kier molecular flexibility index (Phi) is 2.15.